The molecule has 26 heavy (non-hydrogen) atoms. The predicted octanol–water partition coefficient (Wildman–Crippen LogP) is 2.56. The van der Waals surface area contributed by atoms with Crippen molar-refractivity contribution in [3.05, 3.63) is 23.9 Å². The van der Waals surface area contributed by atoms with Gasteiger partial charge >= 0.3 is 0 Å². The van der Waals surface area contributed by atoms with E-state index in [1.54, 1.807) is 19.3 Å². The van der Waals surface area contributed by atoms with Crippen molar-refractivity contribution >= 4 is 41.7 Å². The highest BCUT2D eigenvalue weighted by atomic mass is 127. The lowest BCUT2D eigenvalue weighted by molar-refractivity contribution is -0.116. The summed E-state index contributed by atoms with van der Waals surface area (Å²) in [6.07, 6.45) is 3.13. The second-order valence-corrected chi connectivity index (χ2v) is 6.24. The first-order valence-corrected chi connectivity index (χ1v) is 8.76. The van der Waals surface area contributed by atoms with Gasteiger partial charge in [-0.3, -0.25) is 9.79 Å². The van der Waals surface area contributed by atoms with Crippen LogP contribution in [0, 0.1) is 12.8 Å². The van der Waals surface area contributed by atoms with Crippen molar-refractivity contribution in [2.24, 2.45) is 10.9 Å². The molecule has 1 heterocycles. The predicted molar refractivity (Wildman–Crippen MR) is 117 cm³/mol. The van der Waals surface area contributed by atoms with E-state index < -0.39 is 0 Å². The highest BCUT2D eigenvalue weighted by Gasteiger charge is 2.04. The first kappa shape index (κ1) is 24.6. The fourth-order valence-corrected chi connectivity index (χ4v) is 1.92. The van der Waals surface area contributed by atoms with Gasteiger partial charge in [0, 0.05) is 39.4 Å². The normalized spacial score (nSPS) is 11.0. The number of rotatable bonds is 10. The summed E-state index contributed by atoms with van der Waals surface area (Å²) in [7, 11) is 1.70. The fourth-order valence-electron chi connectivity index (χ4n) is 1.92. The Bertz CT molecular complexity index is 535. The van der Waals surface area contributed by atoms with E-state index in [2.05, 4.69) is 39.8 Å². The van der Waals surface area contributed by atoms with Crippen LogP contribution in [0.2, 0.25) is 0 Å². The van der Waals surface area contributed by atoms with E-state index in [0.29, 0.717) is 43.8 Å². The SMILES string of the molecule is CN=C(NCCOCCC(C)C)NCCC(=O)Nc1ccc(C)cn1.I. The third-order valence-electron chi connectivity index (χ3n) is 3.43. The first-order chi connectivity index (χ1) is 12.0. The van der Waals surface area contributed by atoms with Gasteiger partial charge in [0.05, 0.1) is 6.61 Å². The second-order valence-electron chi connectivity index (χ2n) is 6.24. The maximum absolute atomic E-state index is 11.9. The Morgan fingerprint density at radius 2 is 1.96 bits per heavy atom. The van der Waals surface area contributed by atoms with Crippen LogP contribution in [-0.2, 0) is 9.53 Å². The van der Waals surface area contributed by atoms with Gasteiger partial charge in [0.15, 0.2) is 5.96 Å². The maximum atomic E-state index is 11.9. The number of carbonyl (C=O) groups excluding carboxylic acids is 1. The molecule has 0 spiro atoms. The average Bonchev–Trinajstić information content (AvgIpc) is 2.58. The molecule has 0 atom stereocenters. The Morgan fingerprint density at radius 1 is 1.23 bits per heavy atom. The number of nitrogens with one attached hydrogen (secondary N) is 3. The molecule has 0 unspecified atom stereocenters. The molecular weight excluding hydrogens is 445 g/mol. The average molecular weight is 477 g/mol. The highest BCUT2D eigenvalue weighted by molar-refractivity contribution is 14.0. The molecule has 7 nitrogen and oxygen atoms in total. The number of pyridine rings is 1. The number of guanidine groups is 1. The summed E-state index contributed by atoms with van der Waals surface area (Å²) in [5, 5.41) is 9.03. The third-order valence-corrected chi connectivity index (χ3v) is 3.43. The number of hydrogen-bond donors (Lipinski definition) is 3. The zero-order valence-electron chi connectivity index (χ0n) is 16.2. The third kappa shape index (κ3) is 12.0. The van der Waals surface area contributed by atoms with Crippen LogP contribution in [0.5, 0.6) is 0 Å². The van der Waals surface area contributed by atoms with Crippen LogP contribution in [0.4, 0.5) is 5.82 Å². The minimum Gasteiger partial charge on any atom is -0.380 e. The van der Waals surface area contributed by atoms with Gasteiger partial charge in [0.2, 0.25) is 5.91 Å². The number of halogens is 1. The van der Waals surface area contributed by atoms with Gasteiger partial charge in [-0.2, -0.15) is 0 Å². The smallest absolute Gasteiger partial charge is 0.227 e. The zero-order chi connectivity index (χ0) is 18.5. The molecule has 0 saturated carbocycles. The minimum absolute atomic E-state index is 0. The molecule has 3 N–H and O–H groups in total. The molecular formula is C18H32IN5O2. The van der Waals surface area contributed by atoms with Crippen molar-refractivity contribution in [1.29, 1.82) is 0 Å². The summed E-state index contributed by atoms with van der Waals surface area (Å²) >= 11 is 0. The second kappa shape index (κ2) is 14.7. The molecule has 0 bridgehead atoms. The number of carbonyl (C=O) groups is 1. The van der Waals surface area contributed by atoms with Gasteiger partial charge in [0.1, 0.15) is 5.82 Å². The Kier molecular flexibility index (Phi) is 13.9. The van der Waals surface area contributed by atoms with Crippen LogP contribution >= 0.6 is 24.0 Å². The van der Waals surface area contributed by atoms with Crippen LogP contribution in [0.3, 0.4) is 0 Å². The molecule has 1 rings (SSSR count). The summed E-state index contributed by atoms with van der Waals surface area (Å²) in [6, 6.07) is 3.70. The summed E-state index contributed by atoms with van der Waals surface area (Å²) in [4.78, 5) is 20.2. The molecule has 1 aromatic heterocycles. The zero-order valence-corrected chi connectivity index (χ0v) is 18.5. The van der Waals surface area contributed by atoms with Crippen molar-refractivity contribution in [2.45, 2.75) is 33.6 Å². The van der Waals surface area contributed by atoms with Gasteiger partial charge in [0.25, 0.3) is 0 Å². The molecule has 0 radical (unpaired) electrons. The Hall–Kier alpha value is -1.42. The van der Waals surface area contributed by atoms with Crippen LogP contribution in [0.1, 0.15) is 32.3 Å². The van der Waals surface area contributed by atoms with Crippen molar-refractivity contribution in [3.8, 4) is 0 Å². The van der Waals surface area contributed by atoms with E-state index in [1.165, 1.54) is 0 Å². The van der Waals surface area contributed by atoms with E-state index in [-0.39, 0.29) is 29.9 Å². The molecule has 1 aromatic rings. The van der Waals surface area contributed by atoms with Crippen LogP contribution < -0.4 is 16.0 Å². The molecule has 0 fully saturated rings. The molecule has 0 aliphatic carbocycles. The molecule has 0 saturated heterocycles. The van der Waals surface area contributed by atoms with E-state index in [9.17, 15) is 4.79 Å². The molecule has 0 aliphatic rings. The Morgan fingerprint density at radius 3 is 2.58 bits per heavy atom. The van der Waals surface area contributed by atoms with Crippen molar-refractivity contribution in [1.82, 2.24) is 15.6 Å². The Balaban J connectivity index is 0.00000625. The summed E-state index contributed by atoms with van der Waals surface area (Å²) in [6.45, 7) is 8.89. The number of aryl methyl sites for hydroxylation is 1. The monoisotopic (exact) mass is 477 g/mol. The highest BCUT2D eigenvalue weighted by Crippen LogP contribution is 2.03. The number of aromatic nitrogens is 1. The number of nitrogens with zero attached hydrogens (tertiary/aromatic N) is 2. The molecule has 1 amide bonds. The van der Waals surface area contributed by atoms with Crippen LogP contribution in [0.25, 0.3) is 0 Å². The van der Waals surface area contributed by atoms with E-state index >= 15 is 0 Å². The quantitative estimate of drug-likeness (QED) is 0.209. The lowest BCUT2D eigenvalue weighted by Gasteiger charge is -2.12. The lowest BCUT2D eigenvalue weighted by Crippen LogP contribution is -2.40. The number of amides is 1. The number of anilines is 1. The lowest BCUT2D eigenvalue weighted by atomic mass is 10.1. The molecule has 0 aromatic carbocycles. The van der Waals surface area contributed by atoms with Crippen LogP contribution in [-0.4, -0.2) is 50.2 Å². The minimum atomic E-state index is -0.0867. The fraction of sp³-hybridized carbons (Fsp3) is 0.611. The van der Waals surface area contributed by atoms with Gasteiger partial charge in [-0.25, -0.2) is 4.98 Å². The van der Waals surface area contributed by atoms with Crippen molar-refractivity contribution in [2.75, 3.05) is 38.7 Å². The summed E-state index contributed by atoms with van der Waals surface area (Å²) in [5.74, 6) is 1.80. The van der Waals surface area contributed by atoms with Gasteiger partial charge in [-0.15, -0.1) is 24.0 Å². The van der Waals surface area contributed by atoms with E-state index in [1.807, 2.05) is 13.0 Å². The first-order valence-electron chi connectivity index (χ1n) is 8.76. The number of aliphatic imine (C=N–C) groups is 1. The summed E-state index contributed by atoms with van der Waals surface area (Å²) in [5.41, 5.74) is 1.06. The van der Waals surface area contributed by atoms with E-state index in [0.717, 1.165) is 18.6 Å². The number of hydrogen-bond acceptors (Lipinski definition) is 4. The van der Waals surface area contributed by atoms with Crippen molar-refractivity contribution < 1.29 is 9.53 Å². The largest absolute Gasteiger partial charge is 0.380 e. The number of ether oxygens (including phenoxy) is 1. The van der Waals surface area contributed by atoms with E-state index in [4.69, 9.17) is 4.74 Å². The molecule has 8 heteroatoms. The van der Waals surface area contributed by atoms with Crippen LogP contribution in [0.15, 0.2) is 23.3 Å². The van der Waals surface area contributed by atoms with Gasteiger partial charge in [-0.05, 0) is 30.9 Å². The standard InChI is InChI=1S/C18H31N5O2.HI/c1-14(2)8-11-25-12-10-21-18(19-4)20-9-7-17(24)23-16-6-5-15(3)13-22-16;/h5-6,13-14H,7-12H2,1-4H3,(H2,19,20,21)(H,22,23,24);1H. The topological polar surface area (TPSA) is 87.6 Å². The van der Waals surface area contributed by atoms with Gasteiger partial charge in [-0.1, -0.05) is 19.9 Å². The van der Waals surface area contributed by atoms with Gasteiger partial charge < -0.3 is 20.7 Å². The maximum Gasteiger partial charge on any atom is 0.227 e. The Labute approximate surface area is 173 Å². The van der Waals surface area contributed by atoms with Crippen molar-refractivity contribution in [3.63, 3.8) is 0 Å². The summed E-state index contributed by atoms with van der Waals surface area (Å²) < 4.78 is 5.54. The molecule has 0 aliphatic heterocycles. The molecule has 148 valence electrons.